The minimum atomic E-state index is -5.01. The van der Waals surface area contributed by atoms with Crippen LogP contribution >= 0.6 is 0 Å². The third-order valence-electron chi connectivity index (χ3n) is 1.60. The molecule has 0 atom stereocenters. The Morgan fingerprint density at radius 3 is 1.21 bits per heavy atom. The maximum atomic E-state index is 12.1. The number of hydrogen-bond acceptors (Lipinski definition) is 2. The van der Waals surface area contributed by atoms with Gasteiger partial charge in [-0.05, 0) is 0 Å². The molecule has 14 heavy (non-hydrogen) atoms. The SMILES string of the molecule is FC(F)(F)N1CC=CCN1C(F)(F)F. The highest BCUT2D eigenvalue weighted by atomic mass is 19.4. The Kier molecular flexibility index (Phi) is 2.77. The van der Waals surface area contributed by atoms with Crippen LogP contribution in [-0.2, 0) is 0 Å². The summed E-state index contributed by atoms with van der Waals surface area (Å²) in [5.74, 6) is 0. The Morgan fingerprint density at radius 1 is 0.714 bits per heavy atom. The molecule has 0 aliphatic carbocycles. The van der Waals surface area contributed by atoms with Gasteiger partial charge in [0, 0.05) is 13.1 Å². The summed E-state index contributed by atoms with van der Waals surface area (Å²) in [7, 11) is 0. The number of hydrazine groups is 1. The van der Waals surface area contributed by atoms with Crippen LogP contribution < -0.4 is 0 Å². The minimum absolute atomic E-state index is 0.674. The number of nitrogens with zero attached hydrogens (tertiary/aromatic N) is 2. The van der Waals surface area contributed by atoms with E-state index in [1.54, 1.807) is 0 Å². The van der Waals surface area contributed by atoms with E-state index in [4.69, 9.17) is 0 Å². The van der Waals surface area contributed by atoms with Crippen molar-refractivity contribution in [3.8, 4) is 0 Å². The van der Waals surface area contributed by atoms with Crippen LogP contribution in [0.25, 0.3) is 0 Å². The molecule has 0 unspecified atom stereocenters. The van der Waals surface area contributed by atoms with Gasteiger partial charge in [0.2, 0.25) is 0 Å². The van der Waals surface area contributed by atoms with Gasteiger partial charge in [-0.15, -0.1) is 10.0 Å². The van der Waals surface area contributed by atoms with Crippen molar-refractivity contribution in [3.05, 3.63) is 12.2 Å². The summed E-state index contributed by atoms with van der Waals surface area (Å²) in [6.07, 6.45) is -7.95. The van der Waals surface area contributed by atoms with Gasteiger partial charge in [-0.2, -0.15) is 26.3 Å². The fourth-order valence-corrected chi connectivity index (χ4v) is 1.03. The first kappa shape index (κ1) is 11.3. The monoisotopic (exact) mass is 220 g/mol. The van der Waals surface area contributed by atoms with Crippen LogP contribution in [0.4, 0.5) is 26.3 Å². The molecule has 0 saturated heterocycles. The molecule has 0 spiro atoms. The van der Waals surface area contributed by atoms with Crippen molar-refractivity contribution in [2.24, 2.45) is 0 Å². The fraction of sp³-hybridized carbons (Fsp3) is 0.667. The van der Waals surface area contributed by atoms with E-state index in [0.29, 0.717) is 0 Å². The molecule has 0 amide bonds. The Labute approximate surface area is 75.4 Å². The molecule has 0 aromatic rings. The van der Waals surface area contributed by atoms with Gasteiger partial charge >= 0.3 is 12.6 Å². The molecule has 0 N–H and O–H groups in total. The number of halogens is 6. The molecule has 1 aliphatic heterocycles. The quantitative estimate of drug-likeness (QED) is 0.350. The number of hydrogen-bond donors (Lipinski definition) is 0. The first-order valence-corrected chi connectivity index (χ1v) is 3.56. The van der Waals surface area contributed by atoms with E-state index in [1.807, 2.05) is 0 Å². The lowest BCUT2D eigenvalue weighted by molar-refractivity contribution is -0.395. The number of rotatable bonds is 0. The van der Waals surface area contributed by atoms with E-state index in [2.05, 4.69) is 0 Å². The zero-order valence-electron chi connectivity index (χ0n) is 6.73. The van der Waals surface area contributed by atoms with Gasteiger partial charge in [-0.25, -0.2) is 0 Å². The molecule has 0 saturated carbocycles. The average Bonchev–Trinajstić information content (AvgIpc) is 2.01. The van der Waals surface area contributed by atoms with E-state index in [0.717, 1.165) is 12.2 Å². The van der Waals surface area contributed by atoms with Gasteiger partial charge in [0.15, 0.2) is 0 Å². The van der Waals surface area contributed by atoms with Crippen molar-refractivity contribution >= 4 is 0 Å². The first-order chi connectivity index (χ1) is 6.23. The molecular formula is C6H6F6N2. The van der Waals surface area contributed by atoms with Crippen LogP contribution in [0.3, 0.4) is 0 Å². The summed E-state index contributed by atoms with van der Waals surface area (Å²) in [6, 6.07) is 0. The highest BCUT2D eigenvalue weighted by Gasteiger charge is 2.51. The largest absolute Gasteiger partial charge is 0.473 e. The predicted molar refractivity (Wildman–Crippen MR) is 34.7 cm³/mol. The van der Waals surface area contributed by atoms with Crippen LogP contribution in [0.5, 0.6) is 0 Å². The lowest BCUT2D eigenvalue weighted by Gasteiger charge is -2.37. The highest BCUT2D eigenvalue weighted by Crippen LogP contribution is 2.32. The Bertz CT molecular complexity index is 205. The molecular weight excluding hydrogens is 214 g/mol. The first-order valence-electron chi connectivity index (χ1n) is 3.56. The summed E-state index contributed by atoms with van der Waals surface area (Å²) in [6.45, 7) is -1.63. The van der Waals surface area contributed by atoms with Gasteiger partial charge in [-0.1, -0.05) is 12.2 Å². The second kappa shape index (κ2) is 3.43. The van der Waals surface area contributed by atoms with Crippen molar-refractivity contribution in [1.29, 1.82) is 0 Å². The van der Waals surface area contributed by atoms with Crippen LogP contribution in [0.1, 0.15) is 0 Å². The van der Waals surface area contributed by atoms with Crippen LogP contribution in [0.2, 0.25) is 0 Å². The van der Waals surface area contributed by atoms with Crippen molar-refractivity contribution < 1.29 is 26.3 Å². The van der Waals surface area contributed by atoms with Crippen molar-refractivity contribution in [2.45, 2.75) is 12.6 Å². The summed E-state index contributed by atoms with van der Waals surface area (Å²) in [5, 5.41) is -1.35. The fourth-order valence-electron chi connectivity index (χ4n) is 1.03. The van der Waals surface area contributed by atoms with Gasteiger partial charge in [0.1, 0.15) is 0 Å². The zero-order valence-corrected chi connectivity index (χ0v) is 6.73. The number of alkyl halides is 6. The molecule has 8 heteroatoms. The average molecular weight is 220 g/mol. The molecule has 1 heterocycles. The second-order valence-corrected chi connectivity index (χ2v) is 2.57. The van der Waals surface area contributed by atoms with Crippen LogP contribution in [-0.4, -0.2) is 35.7 Å². The van der Waals surface area contributed by atoms with Gasteiger partial charge < -0.3 is 0 Å². The van der Waals surface area contributed by atoms with Crippen LogP contribution in [0, 0.1) is 0 Å². The topological polar surface area (TPSA) is 6.48 Å². The Balaban J connectivity index is 2.87. The van der Waals surface area contributed by atoms with E-state index in [-0.39, 0.29) is 0 Å². The highest BCUT2D eigenvalue weighted by molar-refractivity contribution is 4.92. The van der Waals surface area contributed by atoms with Crippen LogP contribution in [0.15, 0.2) is 12.2 Å². The summed E-state index contributed by atoms with van der Waals surface area (Å²) in [4.78, 5) is 0. The zero-order chi connectivity index (χ0) is 11.0. The maximum Gasteiger partial charge on any atom is 0.473 e. The molecule has 0 fully saturated rings. The standard InChI is InChI=1S/C6H6F6N2/c7-5(8,9)13-3-1-2-4-14(13)6(10,11)12/h1-2H,3-4H2. The molecule has 1 aliphatic rings. The molecule has 0 bridgehead atoms. The molecule has 1 rings (SSSR count). The lowest BCUT2D eigenvalue weighted by Crippen LogP contribution is -2.58. The molecule has 0 aromatic carbocycles. The van der Waals surface area contributed by atoms with Crippen molar-refractivity contribution in [1.82, 2.24) is 10.0 Å². The maximum absolute atomic E-state index is 12.1. The van der Waals surface area contributed by atoms with E-state index < -0.39 is 35.7 Å². The van der Waals surface area contributed by atoms with E-state index in [9.17, 15) is 26.3 Å². The van der Waals surface area contributed by atoms with E-state index >= 15 is 0 Å². The lowest BCUT2D eigenvalue weighted by atomic mass is 10.4. The summed E-state index contributed by atoms with van der Waals surface area (Å²) >= 11 is 0. The van der Waals surface area contributed by atoms with Gasteiger partial charge in [-0.3, -0.25) is 0 Å². The van der Waals surface area contributed by atoms with Gasteiger partial charge in [0.05, 0.1) is 0 Å². The van der Waals surface area contributed by atoms with E-state index in [1.165, 1.54) is 0 Å². The summed E-state index contributed by atoms with van der Waals surface area (Å²) in [5.41, 5.74) is 0. The Hall–Kier alpha value is -0.760. The minimum Gasteiger partial charge on any atom is -0.154 e. The molecule has 2 nitrogen and oxygen atoms in total. The molecule has 82 valence electrons. The smallest absolute Gasteiger partial charge is 0.154 e. The normalized spacial score (nSPS) is 21.6. The molecule has 0 aromatic heterocycles. The predicted octanol–water partition coefficient (Wildman–Crippen LogP) is 2.11. The van der Waals surface area contributed by atoms with Gasteiger partial charge in [0.25, 0.3) is 0 Å². The molecule has 0 radical (unpaired) electrons. The van der Waals surface area contributed by atoms with Crippen molar-refractivity contribution in [2.75, 3.05) is 13.1 Å². The van der Waals surface area contributed by atoms with Crippen molar-refractivity contribution in [3.63, 3.8) is 0 Å². The second-order valence-electron chi connectivity index (χ2n) is 2.57. The third-order valence-corrected chi connectivity index (χ3v) is 1.60. The third kappa shape index (κ3) is 2.38. The summed E-state index contributed by atoms with van der Waals surface area (Å²) < 4.78 is 72.4. The Morgan fingerprint density at radius 2 is 1.00 bits per heavy atom.